The number of thioether (sulfide) groups is 1. The van der Waals surface area contributed by atoms with Gasteiger partial charge in [0.1, 0.15) is 0 Å². The summed E-state index contributed by atoms with van der Waals surface area (Å²) in [5.74, 6) is 0.486. The van der Waals surface area contributed by atoms with Gasteiger partial charge in [-0.3, -0.25) is 14.0 Å². The molecule has 0 aliphatic heterocycles. The molecule has 0 aliphatic carbocycles. The van der Waals surface area contributed by atoms with Crippen LogP contribution in [0.4, 0.5) is 0 Å². The van der Waals surface area contributed by atoms with Crippen LogP contribution in [-0.2, 0) is 4.79 Å². The first-order valence-corrected chi connectivity index (χ1v) is 10.5. The standard InChI is InChI=1S/C22H21N5O2S/c1-4-12-23-18(28)13-30-22-25-24-21-26(22)17-11-6-5-10-16(17)20(29)27(21)19-14(2)8-7-9-15(19)3/h4-11H,1,12-13H2,2-3H3,(H,23,28). The number of para-hydroxylation sites is 2. The summed E-state index contributed by atoms with van der Waals surface area (Å²) in [6, 6.07) is 13.3. The maximum atomic E-state index is 13.4. The molecule has 2 heterocycles. The second-order valence-electron chi connectivity index (χ2n) is 6.90. The molecular weight excluding hydrogens is 398 g/mol. The summed E-state index contributed by atoms with van der Waals surface area (Å²) in [5, 5.41) is 12.5. The van der Waals surface area contributed by atoms with Crippen LogP contribution in [0.25, 0.3) is 22.4 Å². The lowest BCUT2D eigenvalue weighted by atomic mass is 10.1. The smallest absolute Gasteiger partial charge is 0.267 e. The molecule has 0 fully saturated rings. The van der Waals surface area contributed by atoms with E-state index in [-0.39, 0.29) is 17.2 Å². The van der Waals surface area contributed by atoms with E-state index in [1.54, 1.807) is 16.7 Å². The van der Waals surface area contributed by atoms with Crippen molar-refractivity contribution in [2.75, 3.05) is 12.3 Å². The van der Waals surface area contributed by atoms with E-state index in [1.807, 2.05) is 54.6 Å². The molecule has 1 N–H and O–H groups in total. The van der Waals surface area contributed by atoms with Gasteiger partial charge in [0.05, 0.1) is 22.3 Å². The first-order chi connectivity index (χ1) is 14.5. The molecule has 7 nitrogen and oxygen atoms in total. The van der Waals surface area contributed by atoms with Crippen molar-refractivity contribution in [1.29, 1.82) is 0 Å². The number of nitrogens with zero attached hydrogens (tertiary/aromatic N) is 4. The Labute approximate surface area is 177 Å². The van der Waals surface area contributed by atoms with Gasteiger partial charge in [-0.1, -0.05) is 48.2 Å². The van der Waals surface area contributed by atoms with Crippen molar-refractivity contribution in [3.8, 4) is 5.69 Å². The molecule has 0 atom stereocenters. The fourth-order valence-corrected chi connectivity index (χ4v) is 4.27. The number of nitrogens with one attached hydrogen (secondary N) is 1. The van der Waals surface area contributed by atoms with E-state index in [0.717, 1.165) is 16.8 Å². The van der Waals surface area contributed by atoms with E-state index < -0.39 is 0 Å². The van der Waals surface area contributed by atoms with Crippen LogP contribution in [0.3, 0.4) is 0 Å². The van der Waals surface area contributed by atoms with E-state index in [0.29, 0.717) is 28.4 Å². The molecule has 0 saturated heterocycles. The third kappa shape index (κ3) is 3.39. The van der Waals surface area contributed by atoms with E-state index in [1.165, 1.54) is 11.8 Å². The van der Waals surface area contributed by atoms with Gasteiger partial charge in [-0.15, -0.1) is 16.8 Å². The van der Waals surface area contributed by atoms with Crippen LogP contribution in [0.2, 0.25) is 0 Å². The van der Waals surface area contributed by atoms with Crippen molar-refractivity contribution in [3.05, 3.63) is 76.6 Å². The van der Waals surface area contributed by atoms with Crippen LogP contribution in [0, 0.1) is 13.8 Å². The van der Waals surface area contributed by atoms with Gasteiger partial charge in [0, 0.05) is 6.54 Å². The van der Waals surface area contributed by atoms with Gasteiger partial charge in [-0.05, 0) is 37.1 Å². The van der Waals surface area contributed by atoms with Crippen LogP contribution < -0.4 is 10.9 Å². The van der Waals surface area contributed by atoms with Gasteiger partial charge in [-0.2, -0.15) is 0 Å². The maximum absolute atomic E-state index is 13.4. The van der Waals surface area contributed by atoms with E-state index >= 15 is 0 Å². The predicted octanol–water partition coefficient (Wildman–Crippen LogP) is 3.04. The largest absolute Gasteiger partial charge is 0.352 e. The molecule has 0 bridgehead atoms. The zero-order valence-corrected chi connectivity index (χ0v) is 17.6. The van der Waals surface area contributed by atoms with Gasteiger partial charge < -0.3 is 5.32 Å². The minimum Gasteiger partial charge on any atom is -0.352 e. The van der Waals surface area contributed by atoms with Crippen LogP contribution in [0.1, 0.15) is 11.1 Å². The van der Waals surface area contributed by atoms with Gasteiger partial charge in [0.2, 0.25) is 11.7 Å². The van der Waals surface area contributed by atoms with Crippen molar-refractivity contribution < 1.29 is 4.79 Å². The lowest BCUT2D eigenvalue weighted by molar-refractivity contribution is -0.118. The molecule has 0 spiro atoms. The summed E-state index contributed by atoms with van der Waals surface area (Å²) in [6.45, 7) is 7.95. The third-order valence-corrected chi connectivity index (χ3v) is 5.76. The zero-order chi connectivity index (χ0) is 21.3. The van der Waals surface area contributed by atoms with E-state index in [9.17, 15) is 9.59 Å². The third-order valence-electron chi connectivity index (χ3n) is 4.83. The highest BCUT2D eigenvalue weighted by Gasteiger charge is 2.20. The van der Waals surface area contributed by atoms with E-state index in [2.05, 4.69) is 22.1 Å². The summed E-state index contributed by atoms with van der Waals surface area (Å²) in [6.07, 6.45) is 1.63. The highest BCUT2D eigenvalue weighted by atomic mass is 32.2. The Morgan fingerprint density at radius 1 is 1.13 bits per heavy atom. The highest BCUT2D eigenvalue weighted by Crippen LogP contribution is 2.25. The first kappa shape index (κ1) is 19.9. The number of aromatic nitrogens is 4. The monoisotopic (exact) mass is 419 g/mol. The second kappa shape index (κ2) is 8.16. The molecular formula is C22H21N5O2S. The van der Waals surface area contributed by atoms with Crippen LogP contribution in [0.5, 0.6) is 0 Å². The molecule has 4 rings (SSSR count). The average Bonchev–Trinajstić information content (AvgIpc) is 3.16. The number of carbonyl (C=O) groups is 1. The number of fused-ring (bicyclic) bond motifs is 3. The number of carbonyl (C=O) groups excluding carboxylic acids is 1. The molecule has 0 aliphatic rings. The molecule has 30 heavy (non-hydrogen) atoms. The quantitative estimate of drug-likeness (QED) is 0.384. The Morgan fingerprint density at radius 2 is 1.87 bits per heavy atom. The summed E-state index contributed by atoms with van der Waals surface area (Å²) in [4.78, 5) is 25.5. The molecule has 8 heteroatoms. The molecule has 2 aromatic carbocycles. The Balaban J connectivity index is 1.95. The Morgan fingerprint density at radius 3 is 2.60 bits per heavy atom. The van der Waals surface area contributed by atoms with Gasteiger partial charge in [-0.25, -0.2) is 4.57 Å². The predicted molar refractivity (Wildman–Crippen MR) is 119 cm³/mol. The summed E-state index contributed by atoms with van der Waals surface area (Å²) in [5.41, 5.74) is 3.29. The number of hydrogen-bond donors (Lipinski definition) is 1. The summed E-state index contributed by atoms with van der Waals surface area (Å²) in [7, 11) is 0. The van der Waals surface area contributed by atoms with Crippen molar-refractivity contribution in [3.63, 3.8) is 0 Å². The van der Waals surface area contributed by atoms with Crippen LogP contribution >= 0.6 is 11.8 Å². The average molecular weight is 420 g/mol. The normalized spacial score (nSPS) is 11.1. The number of amides is 1. The minimum absolute atomic E-state index is 0.121. The van der Waals surface area contributed by atoms with Gasteiger partial charge in [0.25, 0.3) is 5.56 Å². The molecule has 152 valence electrons. The van der Waals surface area contributed by atoms with Crippen LogP contribution in [-0.4, -0.2) is 37.4 Å². The van der Waals surface area contributed by atoms with Crippen molar-refractivity contribution in [2.24, 2.45) is 0 Å². The van der Waals surface area contributed by atoms with Crippen molar-refractivity contribution >= 4 is 34.3 Å². The Hall–Kier alpha value is -3.39. The van der Waals surface area contributed by atoms with E-state index in [4.69, 9.17) is 0 Å². The maximum Gasteiger partial charge on any atom is 0.267 e. The lowest BCUT2D eigenvalue weighted by Crippen LogP contribution is -2.25. The molecule has 0 unspecified atom stereocenters. The SMILES string of the molecule is C=CCNC(=O)CSc1nnc2n(-c3c(C)cccc3C)c(=O)c3ccccc3n12. The van der Waals surface area contributed by atoms with Gasteiger partial charge in [0.15, 0.2) is 5.16 Å². The molecule has 1 amide bonds. The van der Waals surface area contributed by atoms with Crippen LogP contribution in [0.15, 0.2) is 65.1 Å². The summed E-state index contributed by atoms with van der Waals surface area (Å²) < 4.78 is 3.45. The molecule has 0 saturated carbocycles. The highest BCUT2D eigenvalue weighted by molar-refractivity contribution is 7.99. The summed E-state index contributed by atoms with van der Waals surface area (Å²) >= 11 is 1.28. The minimum atomic E-state index is -0.150. The first-order valence-electron chi connectivity index (χ1n) is 9.48. The fraction of sp³-hybridized carbons (Fsp3) is 0.182. The molecule has 2 aromatic heterocycles. The molecule has 0 radical (unpaired) electrons. The molecule has 4 aromatic rings. The number of benzene rings is 2. The number of aryl methyl sites for hydroxylation is 2. The second-order valence-corrected chi connectivity index (χ2v) is 7.84. The fourth-order valence-electron chi connectivity index (χ4n) is 3.50. The van der Waals surface area contributed by atoms with Gasteiger partial charge >= 0.3 is 0 Å². The Kier molecular flexibility index (Phi) is 5.41. The zero-order valence-electron chi connectivity index (χ0n) is 16.8. The topological polar surface area (TPSA) is 81.3 Å². The van der Waals surface area contributed by atoms with Crippen molar-refractivity contribution in [2.45, 2.75) is 19.0 Å². The Bertz CT molecular complexity index is 1320. The number of rotatable bonds is 6. The van der Waals surface area contributed by atoms with Crippen molar-refractivity contribution in [1.82, 2.24) is 24.5 Å². The number of hydrogen-bond acceptors (Lipinski definition) is 5. The lowest BCUT2D eigenvalue weighted by Gasteiger charge is -2.15.